The van der Waals surface area contributed by atoms with Gasteiger partial charge in [0.25, 0.3) is 0 Å². The maximum absolute atomic E-state index is 9.50. The average molecular weight is 227 g/mol. The molecule has 0 saturated carbocycles. The largest absolute Gasteiger partial charge is 0.394 e. The van der Waals surface area contributed by atoms with Gasteiger partial charge in [-0.05, 0) is 12.1 Å². The smallest absolute Gasteiger partial charge is 0.110 e. The van der Waals surface area contributed by atoms with Crippen molar-refractivity contribution in [3.8, 4) is 0 Å². The quantitative estimate of drug-likeness (QED) is 0.437. The van der Waals surface area contributed by atoms with Gasteiger partial charge in [0.15, 0.2) is 0 Å². The van der Waals surface area contributed by atoms with Crippen molar-refractivity contribution in [2.24, 2.45) is 0 Å². The lowest BCUT2D eigenvalue weighted by atomic mass is 10.1. The van der Waals surface area contributed by atoms with Crippen LogP contribution in [0.15, 0.2) is 30.3 Å². The van der Waals surface area contributed by atoms with Crippen LogP contribution in [0.3, 0.4) is 0 Å². The van der Waals surface area contributed by atoms with Crippen molar-refractivity contribution in [2.45, 2.75) is 18.3 Å². The van der Waals surface area contributed by atoms with Gasteiger partial charge in [0, 0.05) is 12.2 Å². The zero-order valence-electron chi connectivity index (χ0n) is 8.82. The van der Waals surface area contributed by atoms with E-state index in [1.807, 2.05) is 30.3 Å². The highest BCUT2D eigenvalue weighted by Gasteiger charge is 2.23. The molecule has 3 atom stereocenters. The van der Waals surface area contributed by atoms with Crippen molar-refractivity contribution in [1.82, 2.24) is 0 Å². The van der Waals surface area contributed by atoms with E-state index in [0.717, 1.165) is 5.69 Å². The van der Waals surface area contributed by atoms with Crippen LogP contribution in [0.1, 0.15) is 0 Å². The Bertz CT molecular complexity index is 293. The first-order chi connectivity index (χ1) is 7.65. The molecule has 0 aliphatic heterocycles. The first-order valence-corrected chi connectivity index (χ1v) is 5.09. The predicted octanol–water partition coefficient (Wildman–Crippen LogP) is -0.827. The Kier molecular flexibility index (Phi) is 5.21. The van der Waals surface area contributed by atoms with Crippen molar-refractivity contribution in [3.05, 3.63) is 30.3 Å². The van der Waals surface area contributed by atoms with Crippen LogP contribution in [0.25, 0.3) is 0 Å². The summed E-state index contributed by atoms with van der Waals surface area (Å²) >= 11 is 0. The van der Waals surface area contributed by atoms with Gasteiger partial charge in [-0.25, -0.2) is 0 Å². The highest BCUT2D eigenvalue weighted by atomic mass is 16.4. The Hall–Kier alpha value is -1.14. The van der Waals surface area contributed by atoms with E-state index in [1.165, 1.54) is 0 Å². The standard InChI is InChI=1S/C11H17NO4/c13-7-10(15)11(16)9(14)6-12-8-4-2-1-3-5-8/h1-5,9-16H,6-7H2. The Morgan fingerprint density at radius 3 is 2.19 bits per heavy atom. The minimum Gasteiger partial charge on any atom is -0.394 e. The van der Waals surface area contributed by atoms with E-state index in [2.05, 4.69) is 5.32 Å². The molecule has 0 aliphatic rings. The summed E-state index contributed by atoms with van der Waals surface area (Å²) in [6.45, 7) is -0.480. The SMILES string of the molecule is OCC(O)C(O)C(O)CNc1ccccc1. The molecular weight excluding hydrogens is 210 g/mol. The van der Waals surface area contributed by atoms with E-state index in [-0.39, 0.29) is 6.54 Å². The van der Waals surface area contributed by atoms with Gasteiger partial charge in [0.05, 0.1) is 12.7 Å². The molecule has 1 rings (SSSR count). The normalized spacial score (nSPS) is 16.5. The molecule has 90 valence electrons. The van der Waals surface area contributed by atoms with Gasteiger partial charge >= 0.3 is 0 Å². The molecule has 1 aromatic rings. The molecule has 0 saturated heterocycles. The fourth-order valence-electron chi connectivity index (χ4n) is 1.26. The summed E-state index contributed by atoms with van der Waals surface area (Å²) in [6, 6.07) is 9.19. The summed E-state index contributed by atoms with van der Waals surface area (Å²) in [6.07, 6.45) is -3.82. The minimum atomic E-state index is -1.36. The lowest BCUT2D eigenvalue weighted by molar-refractivity contribution is -0.0715. The number of para-hydroxylation sites is 1. The highest BCUT2D eigenvalue weighted by molar-refractivity contribution is 5.42. The Morgan fingerprint density at radius 1 is 1.00 bits per heavy atom. The van der Waals surface area contributed by atoms with Gasteiger partial charge in [-0.15, -0.1) is 0 Å². The first kappa shape index (κ1) is 12.9. The number of aliphatic hydroxyl groups is 4. The van der Waals surface area contributed by atoms with Gasteiger partial charge in [-0.3, -0.25) is 0 Å². The van der Waals surface area contributed by atoms with E-state index in [4.69, 9.17) is 10.2 Å². The Morgan fingerprint density at radius 2 is 1.62 bits per heavy atom. The molecule has 0 radical (unpaired) electrons. The number of hydrogen-bond acceptors (Lipinski definition) is 5. The van der Waals surface area contributed by atoms with Crippen LogP contribution in [0.2, 0.25) is 0 Å². The van der Waals surface area contributed by atoms with Crippen LogP contribution in [0.5, 0.6) is 0 Å². The third kappa shape index (κ3) is 3.79. The van der Waals surface area contributed by atoms with Crippen LogP contribution in [0.4, 0.5) is 5.69 Å². The molecular formula is C11H17NO4. The fraction of sp³-hybridized carbons (Fsp3) is 0.455. The minimum absolute atomic E-state index is 0.0994. The van der Waals surface area contributed by atoms with E-state index in [0.29, 0.717) is 0 Å². The Balaban J connectivity index is 2.38. The fourth-order valence-corrected chi connectivity index (χ4v) is 1.26. The van der Waals surface area contributed by atoms with Gasteiger partial charge in [0.2, 0.25) is 0 Å². The van der Waals surface area contributed by atoms with E-state index in [1.54, 1.807) is 0 Å². The van der Waals surface area contributed by atoms with E-state index in [9.17, 15) is 10.2 Å². The molecule has 0 spiro atoms. The van der Waals surface area contributed by atoms with Gasteiger partial charge in [-0.1, -0.05) is 18.2 Å². The number of rotatable bonds is 6. The van der Waals surface area contributed by atoms with Crippen molar-refractivity contribution >= 4 is 5.69 Å². The zero-order chi connectivity index (χ0) is 12.0. The lowest BCUT2D eigenvalue weighted by Gasteiger charge is -2.22. The maximum atomic E-state index is 9.50. The third-order valence-electron chi connectivity index (χ3n) is 2.26. The molecule has 5 nitrogen and oxygen atoms in total. The second-order valence-electron chi connectivity index (χ2n) is 3.55. The number of anilines is 1. The highest BCUT2D eigenvalue weighted by Crippen LogP contribution is 2.06. The summed E-state index contributed by atoms with van der Waals surface area (Å²) in [5.41, 5.74) is 0.812. The number of aliphatic hydroxyl groups excluding tert-OH is 4. The summed E-state index contributed by atoms with van der Waals surface area (Å²) in [7, 11) is 0. The molecule has 0 fully saturated rings. The molecule has 3 unspecified atom stereocenters. The molecule has 5 N–H and O–H groups in total. The number of benzene rings is 1. The van der Waals surface area contributed by atoms with E-state index >= 15 is 0 Å². The zero-order valence-corrected chi connectivity index (χ0v) is 8.82. The van der Waals surface area contributed by atoms with Crippen molar-refractivity contribution in [3.63, 3.8) is 0 Å². The van der Waals surface area contributed by atoms with Gasteiger partial charge in [-0.2, -0.15) is 0 Å². The molecule has 16 heavy (non-hydrogen) atoms. The monoisotopic (exact) mass is 227 g/mol. The topological polar surface area (TPSA) is 93.0 Å². The Labute approximate surface area is 94.0 Å². The van der Waals surface area contributed by atoms with Crippen LogP contribution in [0, 0.1) is 0 Å². The first-order valence-electron chi connectivity index (χ1n) is 5.09. The second kappa shape index (κ2) is 6.44. The van der Waals surface area contributed by atoms with E-state index < -0.39 is 24.9 Å². The summed E-state index contributed by atoms with van der Waals surface area (Å²) in [5, 5.41) is 39.5. The van der Waals surface area contributed by atoms with Crippen LogP contribution in [-0.2, 0) is 0 Å². The van der Waals surface area contributed by atoms with Gasteiger partial charge < -0.3 is 25.7 Å². The molecule has 0 heterocycles. The molecule has 0 aromatic heterocycles. The van der Waals surface area contributed by atoms with Crippen LogP contribution < -0.4 is 5.32 Å². The van der Waals surface area contributed by atoms with Crippen molar-refractivity contribution in [1.29, 1.82) is 0 Å². The molecule has 0 bridgehead atoms. The second-order valence-corrected chi connectivity index (χ2v) is 3.55. The molecule has 0 aliphatic carbocycles. The average Bonchev–Trinajstić information content (AvgIpc) is 2.35. The molecule has 5 heteroatoms. The number of nitrogens with one attached hydrogen (secondary N) is 1. The maximum Gasteiger partial charge on any atom is 0.110 e. The van der Waals surface area contributed by atoms with Crippen LogP contribution >= 0.6 is 0 Å². The molecule has 0 amide bonds. The third-order valence-corrected chi connectivity index (χ3v) is 2.26. The van der Waals surface area contributed by atoms with Crippen LogP contribution in [-0.4, -0.2) is 51.9 Å². The van der Waals surface area contributed by atoms with Gasteiger partial charge in [0.1, 0.15) is 12.2 Å². The summed E-state index contributed by atoms with van der Waals surface area (Å²) in [5.74, 6) is 0. The summed E-state index contributed by atoms with van der Waals surface area (Å²) in [4.78, 5) is 0. The number of hydrogen-bond donors (Lipinski definition) is 5. The van der Waals surface area contributed by atoms with Crippen molar-refractivity contribution < 1.29 is 20.4 Å². The predicted molar refractivity (Wildman–Crippen MR) is 60.0 cm³/mol. The summed E-state index contributed by atoms with van der Waals surface area (Å²) < 4.78 is 0. The lowest BCUT2D eigenvalue weighted by Crippen LogP contribution is -2.42. The molecule has 1 aromatic carbocycles. The van der Waals surface area contributed by atoms with Crippen molar-refractivity contribution in [2.75, 3.05) is 18.5 Å².